The van der Waals surface area contributed by atoms with Crippen LogP contribution in [0.15, 0.2) is 78.7 Å². The van der Waals surface area contributed by atoms with Gasteiger partial charge in [-0.3, -0.25) is 0 Å². The highest BCUT2D eigenvalue weighted by Crippen LogP contribution is 2.19. The molecule has 0 amide bonds. The van der Waals surface area contributed by atoms with Gasteiger partial charge in [0.1, 0.15) is 34.6 Å². The Morgan fingerprint density at radius 3 is 1.22 bits per heavy atom. The zero-order chi connectivity index (χ0) is 15.5. The monoisotopic (exact) mass is 308 g/mol. The summed E-state index contributed by atoms with van der Waals surface area (Å²) in [6, 6.07) is 15.5. The first-order valence-corrected chi connectivity index (χ1v) is 7.55. The van der Waals surface area contributed by atoms with Gasteiger partial charge in [0.2, 0.25) is 0 Å². The average molecular weight is 308 g/mol. The average Bonchev–Trinajstić information content (AvgIpc) is 3.31. The van der Waals surface area contributed by atoms with Gasteiger partial charge in [-0.1, -0.05) is 0 Å². The van der Waals surface area contributed by atoms with Crippen molar-refractivity contribution in [1.29, 1.82) is 0 Å². The molecule has 0 saturated heterocycles. The molecule has 0 aliphatic heterocycles. The van der Waals surface area contributed by atoms with Crippen LogP contribution in [0.4, 0.5) is 0 Å². The second kappa shape index (κ2) is 6.08. The Labute approximate surface area is 133 Å². The van der Waals surface area contributed by atoms with Crippen molar-refractivity contribution in [2.45, 2.75) is 19.3 Å². The fraction of sp³-hybridized carbons (Fsp3) is 0.158. The summed E-state index contributed by atoms with van der Waals surface area (Å²) in [7, 11) is 0. The summed E-state index contributed by atoms with van der Waals surface area (Å²) in [6.45, 7) is 0. The van der Waals surface area contributed by atoms with Gasteiger partial charge in [-0.2, -0.15) is 0 Å². The van der Waals surface area contributed by atoms with Crippen LogP contribution in [0, 0.1) is 0 Å². The maximum absolute atomic E-state index is 5.84. The van der Waals surface area contributed by atoms with Gasteiger partial charge >= 0.3 is 0 Å². The van der Waals surface area contributed by atoms with E-state index >= 15 is 0 Å². The Morgan fingerprint density at radius 2 is 0.870 bits per heavy atom. The summed E-state index contributed by atoms with van der Waals surface area (Å²) in [5.41, 5.74) is 0. The third-order valence-electron chi connectivity index (χ3n) is 3.64. The first-order chi connectivity index (χ1) is 11.3. The number of hydrogen-bond acceptors (Lipinski definition) is 4. The van der Waals surface area contributed by atoms with E-state index in [9.17, 15) is 0 Å². The molecule has 4 aromatic heterocycles. The van der Waals surface area contributed by atoms with Crippen LogP contribution < -0.4 is 0 Å². The maximum atomic E-state index is 5.84. The van der Waals surface area contributed by atoms with Crippen LogP contribution in [-0.2, 0) is 19.3 Å². The Hall–Kier alpha value is -2.88. The molecule has 23 heavy (non-hydrogen) atoms. The van der Waals surface area contributed by atoms with E-state index in [1.54, 1.807) is 12.5 Å². The predicted molar refractivity (Wildman–Crippen MR) is 83.3 cm³/mol. The lowest BCUT2D eigenvalue weighted by Gasteiger charge is -1.96. The summed E-state index contributed by atoms with van der Waals surface area (Å²) in [5.74, 6) is 5.32. The Balaban J connectivity index is 1.40. The number of rotatable bonds is 6. The van der Waals surface area contributed by atoms with Crippen molar-refractivity contribution in [3.8, 4) is 0 Å². The normalized spacial score (nSPS) is 11.1. The SMILES string of the molecule is c1coc(Cc2ccc(Cc3ccc(Cc4ccco4)o3)o2)c1. The molecule has 0 spiro atoms. The zero-order valence-corrected chi connectivity index (χ0v) is 12.5. The van der Waals surface area contributed by atoms with Gasteiger partial charge < -0.3 is 17.7 Å². The van der Waals surface area contributed by atoms with Gasteiger partial charge in [0.25, 0.3) is 0 Å². The third-order valence-corrected chi connectivity index (χ3v) is 3.64. The van der Waals surface area contributed by atoms with Gasteiger partial charge in [0, 0.05) is 0 Å². The molecule has 0 radical (unpaired) electrons. The van der Waals surface area contributed by atoms with E-state index in [2.05, 4.69) is 0 Å². The highest BCUT2D eigenvalue weighted by Gasteiger charge is 2.09. The smallest absolute Gasteiger partial charge is 0.111 e. The molecule has 0 fully saturated rings. The summed E-state index contributed by atoms with van der Waals surface area (Å²) >= 11 is 0. The van der Waals surface area contributed by atoms with Crippen molar-refractivity contribution >= 4 is 0 Å². The quantitative estimate of drug-likeness (QED) is 0.512. The van der Waals surface area contributed by atoms with E-state index in [1.165, 1.54) is 0 Å². The second-order valence-corrected chi connectivity index (χ2v) is 5.43. The fourth-order valence-electron chi connectivity index (χ4n) is 2.57. The van der Waals surface area contributed by atoms with Gasteiger partial charge in [-0.25, -0.2) is 0 Å². The number of furan rings is 4. The molecule has 4 rings (SSSR count). The molecule has 0 bridgehead atoms. The van der Waals surface area contributed by atoms with Crippen molar-refractivity contribution in [1.82, 2.24) is 0 Å². The molecular formula is C19H16O4. The van der Waals surface area contributed by atoms with Crippen molar-refractivity contribution in [2.24, 2.45) is 0 Å². The van der Waals surface area contributed by atoms with Crippen molar-refractivity contribution in [2.75, 3.05) is 0 Å². The summed E-state index contributed by atoms with van der Waals surface area (Å²) < 4.78 is 22.3. The molecule has 0 atom stereocenters. The van der Waals surface area contributed by atoms with E-state index in [0.29, 0.717) is 19.3 Å². The Morgan fingerprint density at radius 1 is 0.478 bits per heavy atom. The highest BCUT2D eigenvalue weighted by atomic mass is 16.4. The molecule has 0 aliphatic rings. The molecular weight excluding hydrogens is 292 g/mol. The van der Waals surface area contributed by atoms with E-state index < -0.39 is 0 Å². The van der Waals surface area contributed by atoms with Crippen molar-refractivity contribution in [3.05, 3.63) is 95.6 Å². The van der Waals surface area contributed by atoms with E-state index in [-0.39, 0.29) is 0 Å². The highest BCUT2D eigenvalue weighted by molar-refractivity contribution is 5.19. The van der Waals surface area contributed by atoms with Crippen LogP contribution in [0.1, 0.15) is 34.6 Å². The lowest BCUT2D eigenvalue weighted by atomic mass is 10.2. The van der Waals surface area contributed by atoms with E-state index in [4.69, 9.17) is 17.7 Å². The minimum absolute atomic E-state index is 0.635. The van der Waals surface area contributed by atoms with E-state index in [0.717, 1.165) is 34.6 Å². The fourth-order valence-corrected chi connectivity index (χ4v) is 2.57. The molecule has 0 N–H and O–H groups in total. The van der Waals surface area contributed by atoms with Gasteiger partial charge in [0.15, 0.2) is 0 Å². The first kappa shape index (κ1) is 13.8. The summed E-state index contributed by atoms with van der Waals surface area (Å²) in [5, 5.41) is 0. The molecule has 0 aliphatic carbocycles. The van der Waals surface area contributed by atoms with E-state index in [1.807, 2.05) is 48.5 Å². The molecule has 4 heteroatoms. The van der Waals surface area contributed by atoms with Gasteiger partial charge in [-0.05, 0) is 48.5 Å². The van der Waals surface area contributed by atoms with Crippen LogP contribution in [0.2, 0.25) is 0 Å². The lowest BCUT2D eigenvalue weighted by molar-refractivity contribution is 0.425. The standard InChI is InChI=1S/C19H16O4/c1-3-14(20-9-1)11-16-5-7-18(22-16)13-19-8-6-17(23-19)12-15-4-2-10-21-15/h1-10H,11-13H2. The Kier molecular flexibility index (Phi) is 3.64. The molecule has 0 saturated carbocycles. The molecule has 0 unspecified atom stereocenters. The third kappa shape index (κ3) is 3.31. The molecule has 4 nitrogen and oxygen atoms in total. The van der Waals surface area contributed by atoms with Crippen LogP contribution >= 0.6 is 0 Å². The maximum Gasteiger partial charge on any atom is 0.111 e. The Bertz CT molecular complexity index is 775. The van der Waals surface area contributed by atoms with Crippen molar-refractivity contribution in [3.63, 3.8) is 0 Å². The van der Waals surface area contributed by atoms with Crippen molar-refractivity contribution < 1.29 is 17.7 Å². The predicted octanol–water partition coefficient (Wildman–Crippen LogP) is 4.83. The summed E-state index contributed by atoms with van der Waals surface area (Å²) in [4.78, 5) is 0. The lowest BCUT2D eigenvalue weighted by Crippen LogP contribution is -1.84. The largest absolute Gasteiger partial charge is 0.469 e. The molecule has 0 aromatic carbocycles. The van der Waals surface area contributed by atoms with Crippen LogP contribution in [0.3, 0.4) is 0 Å². The topological polar surface area (TPSA) is 52.6 Å². The van der Waals surface area contributed by atoms with Gasteiger partial charge in [-0.15, -0.1) is 0 Å². The minimum Gasteiger partial charge on any atom is -0.469 e. The number of hydrogen-bond donors (Lipinski definition) is 0. The zero-order valence-electron chi connectivity index (χ0n) is 12.5. The van der Waals surface area contributed by atoms with Crippen LogP contribution in [-0.4, -0.2) is 0 Å². The summed E-state index contributed by atoms with van der Waals surface area (Å²) in [6.07, 6.45) is 5.30. The van der Waals surface area contributed by atoms with Gasteiger partial charge in [0.05, 0.1) is 31.8 Å². The minimum atomic E-state index is 0.635. The second-order valence-electron chi connectivity index (χ2n) is 5.43. The molecule has 4 aromatic rings. The molecule has 116 valence electrons. The first-order valence-electron chi connectivity index (χ1n) is 7.55. The van der Waals surface area contributed by atoms with Crippen LogP contribution in [0.5, 0.6) is 0 Å². The van der Waals surface area contributed by atoms with Crippen LogP contribution in [0.25, 0.3) is 0 Å². The molecule has 4 heterocycles.